The fourth-order valence-electron chi connectivity index (χ4n) is 4.56. The van der Waals surface area contributed by atoms with Gasteiger partial charge < -0.3 is 24.6 Å². The molecule has 2 aliphatic heterocycles. The van der Waals surface area contributed by atoms with Gasteiger partial charge in [0.2, 0.25) is 5.91 Å². The molecule has 2 saturated heterocycles. The molecule has 2 fully saturated rings. The lowest BCUT2D eigenvalue weighted by Gasteiger charge is -2.39. The van der Waals surface area contributed by atoms with Gasteiger partial charge in [0.25, 0.3) is 0 Å². The zero-order valence-corrected chi connectivity index (χ0v) is 19.0. The molecule has 0 spiro atoms. The first-order chi connectivity index (χ1) is 15.7. The van der Waals surface area contributed by atoms with E-state index < -0.39 is 0 Å². The molecule has 6 nitrogen and oxygen atoms in total. The molecule has 0 aromatic heterocycles. The van der Waals surface area contributed by atoms with Crippen molar-refractivity contribution in [2.45, 2.75) is 37.8 Å². The van der Waals surface area contributed by atoms with Crippen LogP contribution in [0.4, 0.5) is 11.4 Å². The van der Waals surface area contributed by atoms with Gasteiger partial charge >= 0.3 is 0 Å². The zero-order chi connectivity index (χ0) is 22.2. The van der Waals surface area contributed by atoms with Gasteiger partial charge in [-0.3, -0.25) is 4.79 Å². The predicted octanol–water partition coefficient (Wildman–Crippen LogP) is 3.57. The second-order valence-corrected chi connectivity index (χ2v) is 8.81. The van der Waals surface area contributed by atoms with E-state index in [0.717, 1.165) is 51.2 Å². The lowest BCUT2D eigenvalue weighted by Crippen LogP contribution is -2.47. The van der Waals surface area contributed by atoms with Gasteiger partial charge in [-0.25, -0.2) is 0 Å². The van der Waals surface area contributed by atoms with Gasteiger partial charge in [-0.15, -0.1) is 0 Å². The number of carbonyl (C=O) groups excluding carboxylic acids is 1. The first kappa shape index (κ1) is 22.8. The summed E-state index contributed by atoms with van der Waals surface area (Å²) in [7, 11) is 2.20. The van der Waals surface area contributed by atoms with E-state index >= 15 is 0 Å². The summed E-state index contributed by atoms with van der Waals surface area (Å²) in [5.74, 6) is 0.0535. The Morgan fingerprint density at radius 1 is 1.06 bits per heavy atom. The Labute approximate surface area is 191 Å². The summed E-state index contributed by atoms with van der Waals surface area (Å²) in [4.78, 5) is 17.1. The van der Waals surface area contributed by atoms with Crippen molar-refractivity contribution in [1.29, 1.82) is 0 Å². The van der Waals surface area contributed by atoms with Gasteiger partial charge in [0.1, 0.15) is 0 Å². The monoisotopic (exact) mass is 437 g/mol. The SMILES string of the molecule is CN(CC1COCCO1)C1CCN(c2ccc(NC(=O)CCc3ccccc3)cc2)CC1. The molecule has 0 aliphatic carbocycles. The Morgan fingerprint density at radius 2 is 1.81 bits per heavy atom. The van der Waals surface area contributed by atoms with Crippen LogP contribution < -0.4 is 10.2 Å². The molecule has 0 saturated carbocycles. The Morgan fingerprint density at radius 3 is 2.50 bits per heavy atom. The molecule has 1 amide bonds. The van der Waals surface area contributed by atoms with Crippen LogP contribution in [-0.4, -0.2) is 69.5 Å². The van der Waals surface area contributed by atoms with Crippen molar-refractivity contribution in [3.05, 3.63) is 60.2 Å². The van der Waals surface area contributed by atoms with E-state index in [1.54, 1.807) is 0 Å². The number of nitrogens with zero attached hydrogens (tertiary/aromatic N) is 2. The van der Waals surface area contributed by atoms with Crippen molar-refractivity contribution >= 4 is 17.3 Å². The highest BCUT2D eigenvalue weighted by Gasteiger charge is 2.25. The summed E-state index contributed by atoms with van der Waals surface area (Å²) in [6.07, 6.45) is 3.73. The maximum absolute atomic E-state index is 12.3. The smallest absolute Gasteiger partial charge is 0.224 e. The van der Waals surface area contributed by atoms with Crippen molar-refractivity contribution in [3.63, 3.8) is 0 Å². The number of nitrogens with one attached hydrogen (secondary N) is 1. The maximum atomic E-state index is 12.3. The molecule has 2 aromatic rings. The van der Waals surface area contributed by atoms with E-state index in [9.17, 15) is 4.79 Å². The van der Waals surface area contributed by atoms with Gasteiger partial charge in [-0.1, -0.05) is 30.3 Å². The largest absolute Gasteiger partial charge is 0.376 e. The molecule has 1 unspecified atom stereocenters. The Bertz CT molecular complexity index is 829. The quantitative estimate of drug-likeness (QED) is 0.684. The highest BCUT2D eigenvalue weighted by atomic mass is 16.6. The molecule has 2 aromatic carbocycles. The molecule has 6 heteroatoms. The van der Waals surface area contributed by atoms with E-state index in [1.165, 1.54) is 11.3 Å². The van der Waals surface area contributed by atoms with Gasteiger partial charge in [-0.05, 0) is 56.1 Å². The number of carbonyl (C=O) groups is 1. The highest BCUT2D eigenvalue weighted by Crippen LogP contribution is 2.24. The van der Waals surface area contributed by atoms with E-state index in [-0.39, 0.29) is 12.0 Å². The van der Waals surface area contributed by atoms with Crippen molar-refractivity contribution in [2.75, 3.05) is 56.7 Å². The van der Waals surface area contributed by atoms with Crippen LogP contribution in [0.2, 0.25) is 0 Å². The van der Waals surface area contributed by atoms with Crippen LogP contribution >= 0.6 is 0 Å². The number of ether oxygens (including phenoxy) is 2. The molecule has 1 N–H and O–H groups in total. The fraction of sp³-hybridized carbons (Fsp3) is 0.500. The maximum Gasteiger partial charge on any atom is 0.224 e. The lowest BCUT2D eigenvalue weighted by molar-refractivity contribution is -0.116. The highest BCUT2D eigenvalue weighted by molar-refractivity contribution is 5.91. The molecule has 2 heterocycles. The van der Waals surface area contributed by atoms with Crippen LogP contribution in [0, 0.1) is 0 Å². The van der Waals surface area contributed by atoms with Gasteiger partial charge in [-0.2, -0.15) is 0 Å². The number of rotatable bonds is 8. The number of hydrogen-bond donors (Lipinski definition) is 1. The molecule has 172 valence electrons. The van der Waals surface area contributed by atoms with E-state index in [0.29, 0.717) is 25.7 Å². The number of hydrogen-bond acceptors (Lipinski definition) is 5. The van der Waals surface area contributed by atoms with Crippen LogP contribution in [-0.2, 0) is 20.7 Å². The molecular weight excluding hydrogens is 402 g/mol. The summed E-state index contributed by atoms with van der Waals surface area (Å²) in [6.45, 7) is 5.15. The molecule has 0 radical (unpaired) electrons. The van der Waals surface area contributed by atoms with Gasteiger partial charge in [0.05, 0.1) is 25.9 Å². The average molecular weight is 438 g/mol. The van der Waals surface area contributed by atoms with E-state index in [4.69, 9.17) is 9.47 Å². The summed E-state index contributed by atoms with van der Waals surface area (Å²) < 4.78 is 11.3. The number of amides is 1. The minimum Gasteiger partial charge on any atom is -0.376 e. The summed E-state index contributed by atoms with van der Waals surface area (Å²) >= 11 is 0. The van der Waals surface area contributed by atoms with Crippen molar-refractivity contribution in [3.8, 4) is 0 Å². The van der Waals surface area contributed by atoms with Gasteiger partial charge in [0.15, 0.2) is 0 Å². The first-order valence-corrected chi connectivity index (χ1v) is 11.8. The first-order valence-electron chi connectivity index (χ1n) is 11.8. The van der Waals surface area contributed by atoms with Crippen molar-refractivity contribution < 1.29 is 14.3 Å². The van der Waals surface area contributed by atoms with Crippen LogP contribution in [0.1, 0.15) is 24.8 Å². The Balaban J connectivity index is 1.20. The van der Waals surface area contributed by atoms with Crippen LogP contribution in [0.5, 0.6) is 0 Å². The second kappa shape index (κ2) is 11.5. The fourth-order valence-corrected chi connectivity index (χ4v) is 4.56. The Hall–Kier alpha value is -2.41. The topological polar surface area (TPSA) is 54.0 Å². The third-order valence-electron chi connectivity index (χ3n) is 6.46. The second-order valence-electron chi connectivity index (χ2n) is 8.81. The summed E-state index contributed by atoms with van der Waals surface area (Å²) in [6, 6.07) is 19.0. The van der Waals surface area contributed by atoms with Crippen molar-refractivity contribution in [2.24, 2.45) is 0 Å². The average Bonchev–Trinajstić information content (AvgIpc) is 2.85. The summed E-state index contributed by atoms with van der Waals surface area (Å²) in [5.41, 5.74) is 3.26. The van der Waals surface area contributed by atoms with E-state index in [1.807, 2.05) is 30.3 Å². The Kier molecular flexibility index (Phi) is 8.15. The number of likely N-dealkylation sites (N-methyl/N-ethyl adjacent to an activating group) is 1. The molecule has 0 bridgehead atoms. The van der Waals surface area contributed by atoms with Crippen LogP contribution in [0.25, 0.3) is 0 Å². The molecule has 32 heavy (non-hydrogen) atoms. The van der Waals surface area contributed by atoms with E-state index in [2.05, 4.69) is 46.4 Å². The minimum atomic E-state index is 0.0535. The van der Waals surface area contributed by atoms with Crippen LogP contribution in [0.3, 0.4) is 0 Å². The minimum absolute atomic E-state index is 0.0535. The van der Waals surface area contributed by atoms with Crippen LogP contribution in [0.15, 0.2) is 54.6 Å². The molecule has 2 aliphatic rings. The number of anilines is 2. The van der Waals surface area contributed by atoms with Gasteiger partial charge in [0, 0.05) is 43.5 Å². The standard InChI is InChI=1S/C26H35N3O3/c1-28(19-25-20-31-17-18-32-25)23-13-15-29(16-14-23)24-10-8-22(9-11-24)27-26(30)12-7-21-5-3-2-4-6-21/h2-6,8-11,23,25H,7,12-20H2,1H3,(H,27,30). The zero-order valence-electron chi connectivity index (χ0n) is 19.0. The number of piperidine rings is 1. The third-order valence-corrected chi connectivity index (χ3v) is 6.46. The predicted molar refractivity (Wildman–Crippen MR) is 128 cm³/mol. The molecule has 4 rings (SSSR count). The summed E-state index contributed by atoms with van der Waals surface area (Å²) in [5, 5.41) is 3.02. The third kappa shape index (κ3) is 6.55. The number of aryl methyl sites for hydroxylation is 1. The lowest BCUT2D eigenvalue weighted by atomic mass is 10.0. The van der Waals surface area contributed by atoms with Crippen molar-refractivity contribution in [1.82, 2.24) is 4.90 Å². The molecule has 1 atom stereocenters. The number of benzene rings is 2. The molecular formula is C26H35N3O3. The normalized spacial score (nSPS) is 19.8.